The maximum absolute atomic E-state index is 6.07. The maximum Gasteiger partial charge on any atom is 0.119 e. The molecule has 0 fully saturated rings. The van der Waals surface area contributed by atoms with Crippen LogP contribution in [0, 0.1) is 20.8 Å². The third-order valence-corrected chi connectivity index (χ3v) is 5.12. The summed E-state index contributed by atoms with van der Waals surface area (Å²) in [7, 11) is 0. The molecule has 4 aromatic rings. The molecule has 0 saturated carbocycles. The lowest BCUT2D eigenvalue weighted by Crippen LogP contribution is -2.12. The summed E-state index contributed by atoms with van der Waals surface area (Å²) in [5.41, 5.74) is 7.26. The van der Waals surface area contributed by atoms with Crippen LogP contribution in [0.15, 0.2) is 66.7 Å². The first-order chi connectivity index (χ1) is 13.6. The number of rotatable bonds is 6. The lowest BCUT2D eigenvalue weighted by Gasteiger charge is -2.12. The molecular formula is C25H26N2O. The number of fused-ring (bicyclic) bond motifs is 1. The van der Waals surface area contributed by atoms with Crippen LogP contribution in [0.4, 0.5) is 0 Å². The first kappa shape index (κ1) is 18.3. The van der Waals surface area contributed by atoms with Gasteiger partial charge in [0.1, 0.15) is 18.2 Å². The van der Waals surface area contributed by atoms with E-state index >= 15 is 0 Å². The molecule has 1 aromatic heterocycles. The molecule has 0 radical (unpaired) electrons. The number of hydrogen-bond acceptors (Lipinski definition) is 2. The molecule has 0 unspecified atom stereocenters. The zero-order valence-corrected chi connectivity index (χ0v) is 16.8. The first-order valence-corrected chi connectivity index (χ1v) is 9.80. The van der Waals surface area contributed by atoms with E-state index in [9.17, 15) is 0 Å². The van der Waals surface area contributed by atoms with Crippen molar-refractivity contribution in [2.75, 3.05) is 6.61 Å². The number of nitrogens with zero attached hydrogens (tertiary/aromatic N) is 2. The Morgan fingerprint density at radius 1 is 0.857 bits per heavy atom. The van der Waals surface area contributed by atoms with Crippen molar-refractivity contribution in [2.45, 2.75) is 33.7 Å². The van der Waals surface area contributed by atoms with Gasteiger partial charge in [-0.05, 0) is 67.3 Å². The summed E-state index contributed by atoms with van der Waals surface area (Å²) in [6, 6.07) is 23.2. The Morgan fingerprint density at radius 2 is 1.57 bits per heavy atom. The fourth-order valence-electron chi connectivity index (χ4n) is 3.76. The Bertz CT molecular complexity index is 1090. The van der Waals surface area contributed by atoms with Crippen LogP contribution in [-0.2, 0) is 13.0 Å². The highest BCUT2D eigenvalue weighted by Gasteiger charge is 2.12. The summed E-state index contributed by atoms with van der Waals surface area (Å²) in [5.74, 6) is 2.02. The van der Waals surface area contributed by atoms with Crippen molar-refractivity contribution in [3.63, 3.8) is 0 Å². The highest BCUT2D eigenvalue weighted by Crippen LogP contribution is 2.21. The van der Waals surface area contributed by atoms with Crippen molar-refractivity contribution < 1.29 is 4.74 Å². The van der Waals surface area contributed by atoms with Gasteiger partial charge in [0.25, 0.3) is 0 Å². The van der Waals surface area contributed by atoms with Gasteiger partial charge < -0.3 is 9.30 Å². The van der Waals surface area contributed by atoms with E-state index in [0.717, 1.165) is 35.6 Å². The SMILES string of the molecule is Cc1cc(C)cc(OCCn2c(Cc3ccccc3C)nc3ccccc32)c1. The third-order valence-electron chi connectivity index (χ3n) is 5.12. The van der Waals surface area contributed by atoms with Gasteiger partial charge in [0.05, 0.1) is 17.6 Å². The molecule has 1 heterocycles. The molecule has 3 heteroatoms. The minimum Gasteiger partial charge on any atom is -0.492 e. The van der Waals surface area contributed by atoms with E-state index in [1.54, 1.807) is 0 Å². The fraction of sp³-hybridized carbons (Fsp3) is 0.240. The fourth-order valence-corrected chi connectivity index (χ4v) is 3.76. The number of ether oxygens (including phenoxy) is 1. The normalized spacial score (nSPS) is 11.1. The van der Waals surface area contributed by atoms with E-state index in [0.29, 0.717) is 6.61 Å². The minimum absolute atomic E-state index is 0.615. The second kappa shape index (κ2) is 7.89. The van der Waals surface area contributed by atoms with E-state index in [1.165, 1.54) is 22.3 Å². The summed E-state index contributed by atoms with van der Waals surface area (Å²) in [5, 5.41) is 0. The molecule has 3 nitrogen and oxygen atoms in total. The Labute approximate surface area is 166 Å². The molecule has 4 rings (SSSR count). The van der Waals surface area contributed by atoms with E-state index in [-0.39, 0.29) is 0 Å². The van der Waals surface area contributed by atoms with Crippen LogP contribution >= 0.6 is 0 Å². The average Bonchev–Trinajstić information content (AvgIpc) is 3.00. The van der Waals surface area contributed by atoms with Crippen molar-refractivity contribution in [3.05, 3.63) is 94.8 Å². The predicted molar refractivity (Wildman–Crippen MR) is 115 cm³/mol. The summed E-state index contributed by atoms with van der Waals surface area (Å²) in [6.07, 6.45) is 0.824. The number of para-hydroxylation sites is 2. The summed E-state index contributed by atoms with van der Waals surface area (Å²) in [6.45, 7) is 7.75. The quantitative estimate of drug-likeness (QED) is 0.440. The Kier molecular flexibility index (Phi) is 5.16. The van der Waals surface area contributed by atoms with Crippen molar-refractivity contribution in [3.8, 4) is 5.75 Å². The molecule has 0 aliphatic carbocycles. The number of aryl methyl sites for hydroxylation is 3. The zero-order valence-electron chi connectivity index (χ0n) is 16.8. The molecule has 0 N–H and O–H groups in total. The second-order valence-electron chi connectivity index (χ2n) is 7.44. The van der Waals surface area contributed by atoms with Crippen LogP contribution in [0.3, 0.4) is 0 Å². The number of hydrogen-bond donors (Lipinski definition) is 0. The highest BCUT2D eigenvalue weighted by atomic mass is 16.5. The maximum atomic E-state index is 6.07. The predicted octanol–water partition coefficient (Wildman–Crippen LogP) is 5.63. The molecule has 0 bridgehead atoms. The molecule has 0 aliphatic heterocycles. The number of imidazole rings is 1. The second-order valence-corrected chi connectivity index (χ2v) is 7.44. The Balaban J connectivity index is 1.59. The van der Waals surface area contributed by atoms with Gasteiger partial charge in [-0.2, -0.15) is 0 Å². The van der Waals surface area contributed by atoms with Gasteiger partial charge in [-0.1, -0.05) is 42.5 Å². The van der Waals surface area contributed by atoms with Crippen LogP contribution in [0.2, 0.25) is 0 Å². The third kappa shape index (κ3) is 3.94. The van der Waals surface area contributed by atoms with Gasteiger partial charge in [-0.3, -0.25) is 0 Å². The standard InChI is InChI=1S/C25H26N2O/c1-18-14-19(2)16-22(15-18)28-13-12-27-24-11-7-6-10-23(24)26-25(27)17-21-9-5-4-8-20(21)3/h4-11,14-16H,12-13,17H2,1-3H3. The molecule has 3 aromatic carbocycles. The molecule has 142 valence electrons. The van der Waals surface area contributed by atoms with Gasteiger partial charge in [0.2, 0.25) is 0 Å². The molecule has 0 aliphatic rings. The first-order valence-electron chi connectivity index (χ1n) is 9.80. The Morgan fingerprint density at radius 3 is 2.36 bits per heavy atom. The van der Waals surface area contributed by atoms with Crippen LogP contribution in [0.25, 0.3) is 11.0 Å². The van der Waals surface area contributed by atoms with Crippen molar-refractivity contribution in [1.29, 1.82) is 0 Å². The molecular weight excluding hydrogens is 344 g/mol. The van der Waals surface area contributed by atoms with Crippen LogP contribution < -0.4 is 4.74 Å². The summed E-state index contributed by atoms with van der Waals surface area (Å²) in [4.78, 5) is 4.91. The Hall–Kier alpha value is -3.07. The van der Waals surface area contributed by atoms with Crippen molar-refractivity contribution in [2.24, 2.45) is 0 Å². The lowest BCUT2D eigenvalue weighted by molar-refractivity contribution is 0.298. The van der Waals surface area contributed by atoms with Gasteiger partial charge in [-0.15, -0.1) is 0 Å². The zero-order chi connectivity index (χ0) is 19.5. The van der Waals surface area contributed by atoms with Crippen LogP contribution in [0.1, 0.15) is 28.1 Å². The number of benzene rings is 3. The van der Waals surface area contributed by atoms with E-state index in [2.05, 4.69) is 86.0 Å². The monoisotopic (exact) mass is 370 g/mol. The van der Waals surface area contributed by atoms with Crippen molar-refractivity contribution >= 4 is 11.0 Å². The van der Waals surface area contributed by atoms with Gasteiger partial charge >= 0.3 is 0 Å². The minimum atomic E-state index is 0.615. The molecule has 0 spiro atoms. The number of aromatic nitrogens is 2. The molecule has 0 amide bonds. The van der Waals surface area contributed by atoms with Gasteiger partial charge in [0.15, 0.2) is 0 Å². The van der Waals surface area contributed by atoms with Crippen LogP contribution in [0.5, 0.6) is 5.75 Å². The van der Waals surface area contributed by atoms with E-state index < -0.39 is 0 Å². The summed E-state index contributed by atoms with van der Waals surface area (Å²) < 4.78 is 8.37. The summed E-state index contributed by atoms with van der Waals surface area (Å²) >= 11 is 0. The van der Waals surface area contributed by atoms with E-state index in [4.69, 9.17) is 9.72 Å². The van der Waals surface area contributed by atoms with Gasteiger partial charge in [-0.25, -0.2) is 4.98 Å². The van der Waals surface area contributed by atoms with E-state index in [1.807, 2.05) is 6.07 Å². The molecule has 28 heavy (non-hydrogen) atoms. The molecule has 0 atom stereocenters. The lowest BCUT2D eigenvalue weighted by atomic mass is 10.1. The largest absolute Gasteiger partial charge is 0.492 e. The van der Waals surface area contributed by atoms with Crippen LogP contribution in [-0.4, -0.2) is 16.2 Å². The average molecular weight is 370 g/mol. The van der Waals surface area contributed by atoms with Gasteiger partial charge in [0, 0.05) is 6.42 Å². The molecule has 0 saturated heterocycles. The van der Waals surface area contributed by atoms with Crippen molar-refractivity contribution in [1.82, 2.24) is 9.55 Å². The highest BCUT2D eigenvalue weighted by molar-refractivity contribution is 5.76. The smallest absolute Gasteiger partial charge is 0.119 e. The topological polar surface area (TPSA) is 27.1 Å².